The molecule has 0 atom stereocenters. The van der Waals surface area contributed by atoms with Crippen molar-refractivity contribution >= 4 is 11.9 Å². The summed E-state index contributed by atoms with van der Waals surface area (Å²) in [4.78, 5) is 20.3. The Kier molecular flexibility index (Phi) is 37.9. The van der Waals surface area contributed by atoms with Gasteiger partial charge in [0.15, 0.2) is 0 Å². The van der Waals surface area contributed by atoms with Gasteiger partial charge in [-0.3, -0.25) is 0 Å². The van der Waals surface area contributed by atoms with Gasteiger partial charge in [0.05, 0.1) is 0 Å². The van der Waals surface area contributed by atoms with Crippen LogP contribution in [0.5, 0.6) is 0 Å². The van der Waals surface area contributed by atoms with Crippen molar-refractivity contribution in [3.63, 3.8) is 0 Å². The Morgan fingerprint density at radius 3 is 0.758 bits per heavy atom. The Labute approximate surface area is 218 Å². The van der Waals surface area contributed by atoms with Crippen molar-refractivity contribution in [2.75, 3.05) is 0 Å². The number of unbranched alkanes of at least 4 members (excludes halogenated alkanes) is 20. The van der Waals surface area contributed by atoms with E-state index in [2.05, 4.69) is 13.8 Å². The van der Waals surface area contributed by atoms with Crippen molar-refractivity contribution in [2.24, 2.45) is 0 Å². The minimum absolute atomic E-state index is 0. The van der Waals surface area contributed by atoms with Gasteiger partial charge in [0.1, 0.15) is 0 Å². The number of rotatable bonds is 24. The Morgan fingerprint density at radius 1 is 0.394 bits per heavy atom. The molecule has 4 nitrogen and oxygen atoms in total. The molecule has 0 saturated carbocycles. The monoisotopic (exact) mass is 518 g/mol. The third-order valence-electron chi connectivity index (χ3n) is 5.97. The fourth-order valence-electron chi connectivity index (χ4n) is 3.87. The molecule has 0 fully saturated rings. The Morgan fingerprint density at radius 2 is 0.576 bits per heavy atom. The second-order valence-electron chi connectivity index (χ2n) is 9.32. The van der Waals surface area contributed by atoms with Crippen molar-refractivity contribution in [3.8, 4) is 0 Å². The fraction of sp³-hybridized carbons (Fsp3) is 0.929. The van der Waals surface area contributed by atoms with E-state index < -0.39 is 11.9 Å². The number of carboxylic acids is 2. The van der Waals surface area contributed by atoms with Crippen LogP contribution in [0.15, 0.2) is 0 Å². The van der Waals surface area contributed by atoms with Gasteiger partial charge in [-0.25, -0.2) is 0 Å². The van der Waals surface area contributed by atoms with Crippen LogP contribution >= 0.6 is 0 Å². The molecule has 0 heterocycles. The van der Waals surface area contributed by atoms with E-state index in [9.17, 15) is 19.8 Å². The normalized spacial score (nSPS) is 10.2. The van der Waals surface area contributed by atoms with Gasteiger partial charge in [0.25, 0.3) is 0 Å². The van der Waals surface area contributed by atoms with Crippen LogP contribution in [0.1, 0.15) is 168 Å². The Hall–Kier alpha value is -0.437. The Balaban J connectivity index is -0.000000545. The fourth-order valence-corrected chi connectivity index (χ4v) is 3.87. The standard InChI is InChI=1S/C16H32O2.C12H24O2.Zn/c1-2-3-4-5-6-7-8-9-10-11-12-13-14-15-16(17)18;1-2-3-4-5-6-7-8-9-10-11-12(13)14;/h2-15H2,1H3,(H,17,18);2-11H2,1H3,(H,13,14);/q;;+2/p-2. The molecule has 0 aliphatic heterocycles. The largest absolute Gasteiger partial charge is 2.00 e. The van der Waals surface area contributed by atoms with Crippen LogP contribution in [0.2, 0.25) is 0 Å². The van der Waals surface area contributed by atoms with E-state index in [1.54, 1.807) is 0 Å². The van der Waals surface area contributed by atoms with Crippen LogP contribution in [0.25, 0.3) is 0 Å². The van der Waals surface area contributed by atoms with Gasteiger partial charge < -0.3 is 19.8 Å². The van der Waals surface area contributed by atoms with Gasteiger partial charge in [-0.2, -0.15) is 0 Å². The first-order valence-corrected chi connectivity index (χ1v) is 13.9. The predicted molar refractivity (Wildman–Crippen MR) is 132 cm³/mol. The molecule has 0 aromatic carbocycles. The van der Waals surface area contributed by atoms with Crippen molar-refractivity contribution in [3.05, 3.63) is 0 Å². The molecule has 33 heavy (non-hydrogen) atoms. The molecular formula is C28H54O4Zn. The van der Waals surface area contributed by atoms with Crippen molar-refractivity contribution in [1.82, 2.24) is 0 Å². The summed E-state index contributed by atoms with van der Waals surface area (Å²) in [5.74, 6) is -1.81. The molecule has 0 N–H and O–H groups in total. The summed E-state index contributed by atoms with van der Waals surface area (Å²) in [5, 5.41) is 20.3. The number of carboxylic acid groups (broad SMARTS) is 2. The summed E-state index contributed by atoms with van der Waals surface area (Å²) in [6.45, 7) is 4.48. The summed E-state index contributed by atoms with van der Waals surface area (Å²) in [6, 6.07) is 0. The quantitative estimate of drug-likeness (QED) is 0.103. The molecule has 0 saturated heterocycles. The summed E-state index contributed by atoms with van der Waals surface area (Å²) in [5.41, 5.74) is 0. The second-order valence-corrected chi connectivity index (χ2v) is 9.32. The van der Waals surface area contributed by atoms with Crippen LogP contribution in [0, 0.1) is 0 Å². The zero-order valence-corrected chi connectivity index (χ0v) is 25.3. The molecule has 0 amide bonds. The summed E-state index contributed by atoms with van der Waals surface area (Å²) >= 11 is 0. The number of carbonyl (C=O) groups excluding carboxylic acids is 2. The van der Waals surface area contributed by atoms with Crippen LogP contribution in [0.3, 0.4) is 0 Å². The third-order valence-corrected chi connectivity index (χ3v) is 5.97. The maximum Gasteiger partial charge on any atom is 2.00 e. The molecule has 0 radical (unpaired) electrons. The molecule has 192 valence electrons. The average molecular weight is 520 g/mol. The van der Waals surface area contributed by atoms with E-state index in [-0.39, 0.29) is 32.3 Å². The van der Waals surface area contributed by atoms with Crippen LogP contribution < -0.4 is 10.2 Å². The molecule has 0 rings (SSSR count). The smallest absolute Gasteiger partial charge is 0.550 e. The molecule has 5 heteroatoms. The Bertz CT molecular complexity index is 388. The first-order valence-electron chi connectivity index (χ1n) is 13.9. The minimum atomic E-state index is -0.909. The predicted octanol–water partition coefficient (Wildman–Crippen LogP) is 6.87. The number of carbonyl (C=O) groups is 2. The first kappa shape index (κ1) is 37.1. The van der Waals surface area contributed by atoms with Gasteiger partial charge in [-0.1, -0.05) is 142 Å². The summed E-state index contributed by atoms with van der Waals surface area (Å²) < 4.78 is 0. The van der Waals surface area contributed by atoms with E-state index in [1.807, 2.05) is 0 Å². The molecule has 0 aliphatic carbocycles. The van der Waals surface area contributed by atoms with Crippen molar-refractivity contribution < 1.29 is 39.3 Å². The topological polar surface area (TPSA) is 80.3 Å². The van der Waals surface area contributed by atoms with Gasteiger partial charge in [0, 0.05) is 11.9 Å². The van der Waals surface area contributed by atoms with E-state index >= 15 is 0 Å². The first-order chi connectivity index (χ1) is 15.5. The molecule has 0 aromatic heterocycles. The van der Waals surface area contributed by atoms with Crippen molar-refractivity contribution in [2.45, 2.75) is 168 Å². The van der Waals surface area contributed by atoms with E-state index in [0.717, 1.165) is 25.7 Å². The maximum atomic E-state index is 10.2. The summed E-state index contributed by atoms with van der Waals surface area (Å²) in [6.07, 6.45) is 28.1. The van der Waals surface area contributed by atoms with E-state index in [0.29, 0.717) is 0 Å². The average Bonchev–Trinajstić information content (AvgIpc) is 2.76. The number of hydrogen-bond acceptors (Lipinski definition) is 4. The molecule has 0 unspecified atom stereocenters. The van der Waals surface area contributed by atoms with Crippen molar-refractivity contribution in [1.29, 1.82) is 0 Å². The minimum Gasteiger partial charge on any atom is -0.550 e. The van der Waals surface area contributed by atoms with Gasteiger partial charge in [-0.05, 0) is 25.7 Å². The number of aliphatic carboxylic acids is 2. The zero-order chi connectivity index (χ0) is 24.1. The zero-order valence-electron chi connectivity index (χ0n) is 22.3. The summed E-state index contributed by atoms with van der Waals surface area (Å²) in [7, 11) is 0. The van der Waals surface area contributed by atoms with Crippen LogP contribution in [-0.4, -0.2) is 11.9 Å². The molecule has 0 aliphatic rings. The van der Waals surface area contributed by atoms with E-state index in [4.69, 9.17) is 0 Å². The number of hydrogen-bond donors (Lipinski definition) is 0. The van der Waals surface area contributed by atoms with Gasteiger partial charge >= 0.3 is 19.5 Å². The molecular weight excluding hydrogens is 466 g/mol. The SMILES string of the molecule is CCCCCCCCCCCC(=O)[O-].CCCCCCCCCCCCCCCC(=O)[O-].[Zn+2]. The van der Waals surface area contributed by atoms with Gasteiger partial charge in [-0.15, -0.1) is 0 Å². The second kappa shape index (κ2) is 33.7. The molecule has 0 bridgehead atoms. The van der Waals surface area contributed by atoms with Crippen LogP contribution in [-0.2, 0) is 29.1 Å². The van der Waals surface area contributed by atoms with Crippen LogP contribution in [0.4, 0.5) is 0 Å². The van der Waals surface area contributed by atoms with Gasteiger partial charge in [0.2, 0.25) is 0 Å². The molecule has 0 spiro atoms. The third kappa shape index (κ3) is 42.2. The maximum absolute atomic E-state index is 10.2. The molecule has 0 aromatic rings. The van der Waals surface area contributed by atoms with E-state index in [1.165, 1.54) is 116 Å².